The van der Waals surface area contributed by atoms with Gasteiger partial charge in [0.25, 0.3) is 0 Å². The van der Waals surface area contributed by atoms with Crippen molar-refractivity contribution >= 4 is 42.6 Å². The topological polar surface area (TPSA) is 83.5 Å². The van der Waals surface area contributed by atoms with Crippen molar-refractivity contribution in [2.45, 2.75) is 31.2 Å². The van der Waals surface area contributed by atoms with Gasteiger partial charge < -0.3 is 0 Å². The third kappa shape index (κ3) is 4.98. The van der Waals surface area contributed by atoms with Gasteiger partial charge >= 0.3 is 0 Å². The number of aryl methyl sites for hydroxylation is 1. The Bertz CT molecular complexity index is 1400. The molecule has 0 aliphatic carbocycles. The van der Waals surface area contributed by atoms with E-state index in [1.165, 1.54) is 15.6 Å². The molecule has 0 radical (unpaired) electrons. The number of thiazole rings is 1. The van der Waals surface area contributed by atoms with Gasteiger partial charge in [0.1, 0.15) is 0 Å². The Balaban J connectivity index is 1.35. The highest BCUT2D eigenvalue weighted by Gasteiger charge is 2.35. The summed E-state index contributed by atoms with van der Waals surface area (Å²) in [5.74, 6) is -0.322. The highest BCUT2D eigenvalue weighted by Crippen LogP contribution is 2.32. The molecular weight excluding hydrogens is 480 g/mol. The highest BCUT2D eigenvalue weighted by molar-refractivity contribution is 7.89. The van der Waals surface area contributed by atoms with Gasteiger partial charge in [0.05, 0.1) is 27.4 Å². The minimum absolute atomic E-state index is 0.0397. The summed E-state index contributed by atoms with van der Waals surface area (Å²) < 4.78 is 28.7. The number of carbonyl (C=O) groups is 1. The summed E-state index contributed by atoms with van der Waals surface area (Å²) in [4.78, 5) is 24.9. The highest BCUT2D eigenvalue weighted by atomic mass is 32.2. The molecule has 0 unspecified atom stereocenters. The number of anilines is 1. The number of rotatable bonds is 6. The average molecular weight is 507 g/mol. The SMILES string of the molecule is Cc1ccc(S(=O)(=O)N2CCC(C(=O)N(Cc3ccccn3)c3nc4ccccc4s3)CC2)cc1. The maximum absolute atomic E-state index is 13.7. The van der Waals surface area contributed by atoms with E-state index in [-0.39, 0.29) is 11.8 Å². The molecule has 9 heteroatoms. The zero-order chi connectivity index (χ0) is 24.4. The maximum atomic E-state index is 13.7. The van der Waals surface area contributed by atoms with Crippen molar-refractivity contribution in [1.82, 2.24) is 14.3 Å². The third-order valence-corrected chi connectivity index (χ3v) is 9.26. The predicted molar refractivity (Wildman–Crippen MR) is 138 cm³/mol. The van der Waals surface area contributed by atoms with E-state index in [9.17, 15) is 13.2 Å². The van der Waals surface area contributed by atoms with E-state index in [1.54, 1.807) is 35.4 Å². The van der Waals surface area contributed by atoms with Crippen LogP contribution < -0.4 is 4.90 Å². The summed E-state index contributed by atoms with van der Waals surface area (Å²) in [5, 5.41) is 0.636. The van der Waals surface area contributed by atoms with Crippen molar-refractivity contribution in [2.75, 3.05) is 18.0 Å². The van der Waals surface area contributed by atoms with E-state index >= 15 is 0 Å². The summed E-state index contributed by atoms with van der Waals surface area (Å²) in [6.07, 6.45) is 2.64. The fraction of sp³-hybridized carbons (Fsp3) is 0.269. The number of aromatic nitrogens is 2. The van der Waals surface area contributed by atoms with Gasteiger partial charge in [-0.2, -0.15) is 4.31 Å². The Labute approximate surface area is 209 Å². The van der Waals surface area contributed by atoms with Crippen LogP contribution in [0.25, 0.3) is 10.2 Å². The predicted octanol–water partition coefficient (Wildman–Crippen LogP) is 4.63. The van der Waals surface area contributed by atoms with Crippen molar-refractivity contribution < 1.29 is 13.2 Å². The average Bonchev–Trinajstić information content (AvgIpc) is 3.32. The van der Waals surface area contributed by atoms with Crippen molar-refractivity contribution in [3.05, 3.63) is 84.2 Å². The number of sulfonamides is 1. The molecule has 3 heterocycles. The summed E-state index contributed by atoms with van der Waals surface area (Å²) in [6.45, 7) is 2.87. The lowest BCUT2D eigenvalue weighted by Gasteiger charge is -2.33. The second-order valence-corrected chi connectivity index (χ2v) is 11.6. The first kappa shape index (κ1) is 23.6. The minimum atomic E-state index is -3.58. The van der Waals surface area contributed by atoms with E-state index in [2.05, 4.69) is 4.98 Å². The molecule has 180 valence electrons. The summed E-state index contributed by atoms with van der Waals surface area (Å²) >= 11 is 1.48. The molecule has 0 N–H and O–H groups in total. The molecule has 1 amide bonds. The first-order chi connectivity index (χ1) is 16.9. The van der Waals surface area contributed by atoms with Crippen LogP contribution >= 0.6 is 11.3 Å². The number of hydrogen-bond donors (Lipinski definition) is 0. The number of carbonyl (C=O) groups excluding carboxylic acids is 1. The number of benzene rings is 2. The molecule has 1 saturated heterocycles. The molecule has 0 saturated carbocycles. The molecule has 2 aromatic carbocycles. The van der Waals surface area contributed by atoms with Crippen LogP contribution in [0, 0.1) is 12.8 Å². The normalized spacial score (nSPS) is 15.3. The van der Waals surface area contributed by atoms with Gasteiger partial charge in [-0.15, -0.1) is 0 Å². The zero-order valence-electron chi connectivity index (χ0n) is 19.4. The lowest BCUT2D eigenvalue weighted by Crippen LogP contribution is -2.44. The fourth-order valence-electron chi connectivity index (χ4n) is 4.29. The Hall–Kier alpha value is -3.14. The molecule has 1 aliphatic heterocycles. The third-order valence-electron chi connectivity index (χ3n) is 6.29. The van der Waals surface area contributed by atoms with Crippen molar-refractivity contribution in [3.63, 3.8) is 0 Å². The summed E-state index contributed by atoms with van der Waals surface area (Å²) in [7, 11) is -3.58. The first-order valence-electron chi connectivity index (χ1n) is 11.6. The van der Waals surface area contributed by atoms with E-state index in [0.717, 1.165) is 21.5 Å². The van der Waals surface area contributed by atoms with Crippen LogP contribution in [0.1, 0.15) is 24.1 Å². The van der Waals surface area contributed by atoms with Crippen LogP contribution in [0.15, 0.2) is 77.8 Å². The monoisotopic (exact) mass is 506 g/mol. The molecule has 0 atom stereocenters. The van der Waals surface area contributed by atoms with Crippen molar-refractivity contribution in [2.24, 2.45) is 5.92 Å². The molecule has 1 fully saturated rings. The van der Waals surface area contributed by atoms with Crippen LogP contribution in [0.3, 0.4) is 0 Å². The maximum Gasteiger partial charge on any atom is 0.243 e. The van der Waals surface area contributed by atoms with Gasteiger partial charge in [-0.3, -0.25) is 14.7 Å². The molecule has 4 aromatic rings. The molecule has 7 nitrogen and oxygen atoms in total. The molecule has 1 aliphatic rings. The standard InChI is InChI=1S/C26H26N4O3S2/c1-19-9-11-22(12-10-19)35(32,33)29-16-13-20(14-17-29)25(31)30(18-21-6-4-5-15-27-21)26-28-23-7-2-3-8-24(23)34-26/h2-12,15,20H,13-14,16-18H2,1H3. The van der Waals surface area contributed by atoms with Crippen LogP contribution in [0.2, 0.25) is 0 Å². The zero-order valence-corrected chi connectivity index (χ0v) is 21.0. The number of nitrogens with zero attached hydrogens (tertiary/aromatic N) is 4. The fourth-order valence-corrected chi connectivity index (χ4v) is 6.73. The van der Waals surface area contributed by atoms with E-state index in [1.807, 2.05) is 49.4 Å². The van der Waals surface area contributed by atoms with Gasteiger partial charge in [0.2, 0.25) is 15.9 Å². The quantitative estimate of drug-likeness (QED) is 0.381. The van der Waals surface area contributed by atoms with Gasteiger partial charge in [-0.05, 0) is 56.2 Å². The van der Waals surface area contributed by atoms with Gasteiger partial charge in [0, 0.05) is 25.2 Å². The van der Waals surface area contributed by atoms with E-state index in [0.29, 0.717) is 42.5 Å². The Kier molecular flexibility index (Phi) is 6.64. The van der Waals surface area contributed by atoms with Crippen LogP contribution in [-0.2, 0) is 21.4 Å². The van der Waals surface area contributed by atoms with E-state index in [4.69, 9.17) is 4.98 Å². The minimum Gasteiger partial charge on any atom is -0.282 e. The summed E-state index contributed by atoms with van der Waals surface area (Å²) in [5.41, 5.74) is 2.64. The smallest absolute Gasteiger partial charge is 0.243 e. The van der Waals surface area contributed by atoms with Crippen LogP contribution in [0.5, 0.6) is 0 Å². The lowest BCUT2D eigenvalue weighted by atomic mass is 9.96. The van der Waals surface area contributed by atoms with Gasteiger partial charge in [0.15, 0.2) is 5.13 Å². The van der Waals surface area contributed by atoms with E-state index < -0.39 is 10.0 Å². The second kappa shape index (κ2) is 9.85. The Morgan fingerprint density at radius 2 is 1.74 bits per heavy atom. The molecule has 2 aromatic heterocycles. The Morgan fingerprint density at radius 1 is 1.03 bits per heavy atom. The molecule has 0 bridgehead atoms. The van der Waals surface area contributed by atoms with Gasteiger partial charge in [-0.25, -0.2) is 13.4 Å². The van der Waals surface area contributed by atoms with Gasteiger partial charge in [-0.1, -0.05) is 47.2 Å². The number of amides is 1. The number of pyridine rings is 1. The Morgan fingerprint density at radius 3 is 2.43 bits per heavy atom. The number of piperidine rings is 1. The lowest BCUT2D eigenvalue weighted by molar-refractivity contribution is -0.123. The number of para-hydroxylation sites is 1. The molecular formula is C26H26N4O3S2. The van der Waals surface area contributed by atoms with Crippen LogP contribution in [0.4, 0.5) is 5.13 Å². The molecule has 0 spiro atoms. The number of hydrogen-bond acceptors (Lipinski definition) is 6. The van der Waals surface area contributed by atoms with Crippen molar-refractivity contribution in [1.29, 1.82) is 0 Å². The summed E-state index contributed by atoms with van der Waals surface area (Å²) in [6, 6.07) is 20.3. The van der Waals surface area contributed by atoms with Crippen LogP contribution in [-0.4, -0.2) is 41.7 Å². The second-order valence-electron chi connectivity index (χ2n) is 8.70. The molecule has 5 rings (SSSR count). The number of fused-ring (bicyclic) bond motifs is 1. The largest absolute Gasteiger partial charge is 0.282 e. The molecule has 35 heavy (non-hydrogen) atoms. The van der Waals surface area contributed by atoms with Crippen molar-refractivity contribution in [3.8, 4) is 0 Å². The first-order valence-corrected chi connectivity index (χ1v) is 13.8.